The molecule has 5 heteroatoms. The van der Waals surface area contributed by atoms with Gasteiger partial charge in [0.05, 0.1) is 43.8 Å². The lowest BCUT2D eigenvalue weighted by molar-refractivity contribution is -0.0738. The van der Waals surface area contributed by atoms with Gasteiger partial charge < -0.3 is 18.8 Å². The normalized spacial score (nSPS) is 27.7. The number of rotatable bonds is 5. The molecule has 0 N–H and O–H groups in total. The van der Waals surface area contributed by atoms with Gasteiger partial charge in [0.2, 0.25) is 0 Å². The highest BCUT2D eigenvalue weighted by molar-refractivity contribution is 5.95. The predicted molar refractivity (Wildman–Crippen MR) is 81.7 cm³/mol. The van der Waals surface area contributed by atoms with Gasteiger partial charge in [0, 0.05) is 12.5 Å². The minimum absolute atomic E-state index is 0.0530. The lowest BCUT2D eigenvalue weighted by Gasteiger charge is -2.39. The first-order valence-corrected chi connectivity index (χ1v) is 7.87. The Morgan fingerprint density at radius 2 is 2.41 bits per heavy atom. The molecule has 1 aliphatic heterocycles. The van der Waals surface area contributed by atoms with Crippen LogP contribution in [0.25, 0.3) is 0 Å². The number of nitrogens with zero attached hydrogens (tertiary/aromatic N) is 1. The molecule has 1 aromatic rings. The number of furan rings is 1. The number of fused-ring (bicyclic) bond motifs is 1. The fraction of sp³-hybridized carbons (Fsp3) is 0.588. The summed E-state index contributed by atoms with van der Waals surface area (Å²) in [7, 11) is 0. The van der Waals surface area contributed by atoms with Gasteiger partial charge in [0.15, 0.2) is 0 Å². The van der Waals surface area contributed by atoms with Crippen LogP contribution in [0.15, 0.2) is 29.4 Å². The highest BCUT2D eigenvalue weighted by Gasteiger charge is 2.44. The van der Waals surface area contributed by atoms with Crippen molar-refractivity contribution >= 4 is 5.91 Å². The molecule has 120 valence electrons. The quantitative estimate of drug-likeness (QED) is 0.619. The topological polar surface area (TPSA) is 51.9 Å². The van der Waals surface area contributed by atoms with Crippen LogP contribution in [0.2, 0.25) is 0 Å². The number of amides is 1. The number of hydrogen-bond acceptors (Lipinski definition) is 4. The van der Waals surface area contributed by atoms with Crippen molar-refractivity contribution < 1.29 is 18.7 Å². The zero-order chi connectivity index (χ0) is 15.5. The van der Waals surface area contributed by atoms with Gasteiger partial charge >= 0.3 is 0 Å². The van der Waals surface area contributed by atoms with Gasteiger partial charge in [0.1, 0.15) is 5.76 Å². The summed E-state index contributed by atoms with van der Waals surface area (Å²) < 4.78 is 16.8. The number of hydrogen-bond donors (Lipinski definition) is 0. The van der Waals surface area contributed by atoms with Crippen molar-refractivity contribution in [1.82, 2.24) is 4.90 Å². The van der Waals surface area contributed by atoms with Gasteiger partial charge in [-0.2, -0.15) is 0 Å². The zero-order valence-electron chi connectivity index (χ0n) is 13.0. The van der Waals surface area contributed by atoms with Crippen molar-refractivity contribution in [3.8, 4) is 0 Å². The summed E-state index contributed by atoms with van der Waals surface area (Å²) in [5.74, 6) is 1.08. The Morgan fingerprint density at radius 1 is 1.55 bits per heavy atom. The third-order valence-electron chi connectivity index (χ3n) is 4.64. The average molecular weight is 305 g/mol. The lowest BCUT2D eigenvalue weighted by atomic mass is 10.0. The number of carbonyl (C=O) groups excluding carboxylic acids is 1. The maximum Gasteiger partial charge on any atom is 0.257 e. The lowest BCUT2D eigenvalue weighted by Crippen LogP contribution is -2.53. The molecule has 2 fully saturated rings. The smallest absolute Gasteiger partial charge is 0.257 e. The number of morpholine rings is 1. The summed E-state index contributed by atoms with van der Waals surface area (Å²) in [6.07, 6.45) is 5.40. The van der Waals surface area contributed by atoms with E-state index < -0.39 is 0 Å². The van der Waals surface area contributed by atoms with Crippen molar-refractivity contribution in [2.24, 2.45) is 5.92 Å². The second-order valence-electron chi connectivity index (χ2n) is 5.96. The average Bonchev–Trinajstić information content (AvgIpc) is 3.13. The van der Waals surface area contributed by atoms with Gasteiger partial charge in [-0.15, -0.1) is 6.58 Å². The van der Waals surface area contributed by atoms with Crippen LogP contribution in [0.3, 0.4) is 0 Å². The Balaban J connectivity index is 1.69. The van der Waals surface area contributed by atoms with E-state index in [1.54, 1.807) is 18.4 Å². The number of carbonyl (C=O) groups is 1. The standard InChI is InChI=1S/C17H23NO4/c1-3-8-20-11-13-4-5-15-16(13)22-10-7-18(15)17(19)14-6-9-21-12(14)2/h3,6,9,13,15-16H,1,4-5,7-8,10-11H2,2H3/t13-,15+,16+/m0/s1. The van der Waals surface area contributed by atoms with Gasteiger partial charge in [-0.25, -0.2) is 0 Å². The van der Waals surface area contributed by atoms with Crippen LogP contribution in [-0.4, -0.2) is 49.3 Å². The van der Waals surface area contributed by atoms with E-state index in [0.29, 0.717) is 43.6 Å². The molecule has 0 spiro atoms. The van der Waals surface area contributed by atoms with E-state index in [2.05, 4.69) is 6.58 Å². The van der Waals surface area contributed by atoms with Crippen molar-refractivity contribution in [3.63, 3.8) is 0 Å². The molecular weight excluding hydrogens is 282 g/mol. The summed E-state index contributed by atoms with van der Waals surface area (Å²) in [6.45, 7) is 7.94. The molecule has 1 saturated heterocycles. The van der Waals surface area contributed by atoms with E-state index >= 15 is 0 Å². The summed E-state index contributed by atoms with van der Waals surface area (Å²) in [6, 6.07) is 1.90. The van der Waals surface area contributed by atoms with Gasteiger partial charge in [-0.1, -0.05) is 6.08 Å². The molecule has 1 aliphatic carbocycles. The second kappa shape index (κ2) is 6.67. The molecule has 3 atom stereocenters. The molecule has 3 rings (SSSR count). The van der Waals surface area contributed by atoms with Crippen LogP contribution in [-0.2, 0) is 9.47 Å². The van der Waals surface area contributed by atoms with Crippen molar-refractivity contribution in [3.05, 3.63) is 36.3 Å². The van der Waals surface area contributed by atoms with Crippen molar-refractivity contribution in [1.29, 1.82) is 0 Å². The Morgan fingerprint density at radius 3 is 3.14 bits per heavy atom. The van der Waals surface area contributed by atoms with E-state index in [-0.39, 0.29) is 18.1 Å². The molecule has 1 aromatic heterocycles. The third-order valence-corrected chi connectivity index (χ3v) is 4.64. The summed E-state index contributed by atoms with van der Waals surface area (Å²) in [5.41, 5.74) is 0.659. The Hall–Kier alpha value is -1.59. The number of aryl methyl sites for hydroxylation is 1. The molecule has 2 aliphatic rings. The van der Waals surface area contributed by atoms with E-state index in [9.17, 15) is 4.79 Å². The first kappa shape index (κ1) is 15.3. The Bertz CT molecular complexity index is 539. The third kappa shape index (κ3) is 2.83. The van der Waals surface area contributed by atoms with Crippen molar-refractivity contribution in [2.75, 3.05) is 26.4 Å². The van der Waals surface area contributed by atoms with Crippen LogP contribution in [0.4, 0.5) is 0 Å². The highest BCUT2D eigenvalue weighted by Crippen LogP contribution is 2.35. The summed E-state index contributed by atoms with van der Waals surface area (Å²) >= 11 is 0. The second-order valence-corrected chi connectivity index (χ2v) is 5.96. The molecule has 22 heavy (non-hydrogen) atoms. The molecule has 0 radical (unpaired) electrons. The zero-order valence-corrected chi connectivity index (χ0v) is 13.0. The monoisotopic (exact) mass is 305 g/mol. The molecule has 0 aromatic carbocycles. The van der Waals surface area contributed by atoms with Crippen LogP contribution < -0.4 is 0 Å². The maximum atomic E-state index is 12.8. The summed E-state index contributed by atoms with van der Waals surface area (Å²) in [5, 5.41) is 0. The van der Waals surface area contributed by atoms with E-state index in [1.807, 2.05) is 11.8 Å². The molecule has 2 heterocycles. The maximum absolute atomic E-state index is 12.8. The Kier molecular flexibility index (Phi) is 4.64. The van der Waals surface area contributed by atoms with Crippen LogP contribution in [0.5, 0.6) is 0 Å². The minimum atomic E-state index is 0.0530. The van der Waals surface area contributed by atoms with Gasteiger partial charge in [-0.05, 0) is 25.8 Å². The van der Waals surface area contributed by atoms with Crippen LogP contribution >= 0.6 is 0 Å². The largest absolute Gasteiger partial charge is 0.469 e. The van der Waals surface area contributed by atoms with E-state index in [1.165, 1.54) is 0 Å². The molecule has 1 saturated carbocycles. The SMILES string of the molecule is C=CCOC[C@@H]1CC[C@@H]2[C@@H]1OCCN2C(=O)c1ccoc1C. The highest BCUT2D eigenvalue weighted by atomic mass is 16.5. The van der Waals surface area contributed by atoms with Crippen LogP contribution in [0, 0.1) is 12.8 Å². The fourth-order valence-corrected chi connectivity index (χ4v) is 3.56. The minimum Gasteiger partial charge on any atom is -0.469 e. The molecule has 0 bridgehead atoms. The molecular formula is C17H23NO4. The summed E-state index contributed by atoms with van der Waals surface area (Å²) in [4.78, 5) is 14.7. The van der Waals surface area contributed by atoms with Gasteiger partial charge in [0.25, 0.3) is 5.91 Å². The van der Waals surface area contributed by atoms with Crippen molar-refractivity contribution in [2.45, 2.75) is 31.9 Å². The predicted octanol–water partition coefficient (Wildman–Crippen LogP) is 2.41. The first-order valence-electron chi connectivity index (χ1n) is 7.87. The molecule has 5 nitrogen and oxygen atoms in total. The fourth-order valence-electron chi connectivity index (χ4n) is 3.56. The van der Waals surface area contributed by atoms with Gasteiger partial charge in [-0.3, -0.25) is 4.79 Å². The first-order chi connectivity index (χ1) is 10.7. The van der Waals surface area contributed by atoms with Crippen LogP contribution in [0.1, 0.15) is 29.0 Å². The van der Waals surface area contributed by atoms with E-state index in [4.69, 9.17) is 13.9 Å². The number of ether oxygens (including phenoxy) is 2. The van der Waals surface area contributed by atoms with E-state index in [0.717, 1.165) is 12.8 Å². The Labute approximate surface area is 130 Å². The molecule has 0 unspecified atom stereocenters. The molecule has 1 amide bonds.